The first-order chi connectivity index (χ1) is 20.0. The van der Waals surface area contributed by atoms with Gasteiger partial charge in [-0.15, -0.1) is 0 Å². The van der Waals surface area contributed by atoms with Gasteiger partial charge in [-0.25, -0.2) is 18.7 Å². The number of benzene rings is 3. The van der Waals surface area contributed by atoms with Gasteiger partial charge in [0.25, 0.3) is 5.91 Å². The van der Waals surface area contributed by atoms with E-state index < -0.39 is 23.0 Å². The Labute approximate surface area is 241 Å². The summed E-state index contributed by atoms with van der Waals surface area (Å²) >= 11 is 0. The number of nitrogens with zero attached hydrogens (tertiary/aromatic N) is 3. The zero-order chi connectivity index (χ0) is 30.2. The number of aliphatic hydroxyl groups is 1. The molecule has 4 aromatic rings. The minimum Gasteiger partial charge on any atom is -0.497 e. The first-order valence-electron chi connectivity index (χ1n) is 13.2. The lowest BCUT2D eigenvalue weighted by molar-refractivity contribution is -0.134. The summed E-state index contributed by atoms with van der Waals surface area (Å²) in [6.45, 7) is 3.02. The van der Waals surface area contributed by atoms with E-state index >= 15 is 0 Å². The summed E-state index contributed by atoms with van der Waals surface area (Å²) in [7, 11) is 3.07. The highest BCUT2D eigenvalue weighted by atomic mass is 19.1. The van der Waals surface area contributed by atoms with Crippen LogP contribution in [0.25, 0.3) is 11.4 Å². The number of aromatic nitrogens is 2. The van der Waals surface area contributed by atoms with Crippen molar-refractivity contribution in [3.63, 3.8) is 0 Å². The monoisotopic (exact) mass is 573 g/mol. The molecule has 1 amide bonds. The summed E-state index contributed by atoms with van der Waals surface area (Å²) in [6, 6.07) is 15.5. The van der Waals surface area contributed by atoms with Crippen molar-refractivity contribution >= 4 is 11.7 Å². The Kier molecular flexibility index (Phi) is 7.74. The summed E-state index contributed by atoms with van der Waals surface area (Å²) in [5.74, 6) is -1.38. The molecule has 5 rings (SSSR count). The molecule has 8 nitrogen and oxygen atoms in total. The lowest BCUT2D eigenvalue weighted by atomic mass is 9.91. The molecule has 1 atom stereocenters. The molecular formula is C32H29F2N3O5. The summed E-state index contributed by atoms with van der Waals surface area (Å²) in [4.78, 5) is 36.1. The average molecular weight is 574 g/mol. The molecule has 0 saturated carbocycles. The van der Waals surface area contributed by atoms with Crippen molar-refractivity contribution in [2.24, 2.45) is 0 Å². The Bertz CT molecular complexity index is 1670. The Morgan fingerprint density at radius 3 is 2.31 bits per heavy atom. The SMILES string of the molecule is COc1ccc(CN2Cc3nc(-c4c(F)cccc4F)nc(Cc4ccc(C(C)(O)C(C)=O)cc4)c3C2=O)c(OC)c1. The van der Waals surface area contributed by atoms with E-state index in [2.05, 4.69) is 9.97 Å². The topological polar surface area (TPSA) is 102 Å². The zero-order valence-electron chi connectivity index (χ0n) is 23.6. The van der Waals surface area contributed by atoms with Gasteiger partial charge in [0.1, 0.15) is 28.7 Å². The van der Waals surface area contributed by atoms with Crippen LogP contribution in [0.2, 0.25) is 0 Å². The molecule has 1 aliphatic heterocycles. The molecule has 216 valence electrons. The largest absolute Gasteiger partial charge is 0.497 e. The molecule has 0 fully saturated rings. The maximum absolute atomic E-state index is 14.8. The lowest BCUT2D eigenvalue weighted by Crippen LogP contribution is -2.29. The van der Waals surface area contributed by atoms with E-state index in [9.17, 15) is 23.5 Å². The fraction of sp³-hybridized carbons (Fsp3) is 0.250. The van der Waals surface area contributed by atoms with Gasteiger partial charge in [-0.2, -0.15) is 0 Å². The van der Waals surface area contributed by atoms with Crippen LogP contribution in [0, 0.1) is 11.6 Å². The van der Waals surface area contributed by atoms with Crippen LogP contribution >= 0.6 is 0 Å². The van der Waals surface area contributed by atoms with Crippen LogP contribution in [0.4, 0.5) is 8.78 Å². The summed E-state index contributed by atoms with van der Waals surface area (Å²) in [6.07, 6.45) is 0.141. The van der Waals surface area contributed by atoms with Gasteiger partial charge in [-0.3, -0.25) is 9.59 Å². The highest BCUT2D eigenvalue weighted by Crippen LogP contribution is 2.33. The Morgan fingerprint density at radius 2 is 1.69 bits per heavy atom. The number of halogens is 2. The van der Waals surface area contributed by atoms with Crippen molar-refractivity contribution in [3.8, 4) is 22.9 Å². The maximum Gasteiger partial charge on any atom is 0.258 e. The summed E-state index contributed by atoms with van der Waals surface area (Å²) in [5, 5.41) is 10.5. The van der Waals surface area contributed by atoms with Gasteiger partial charge in [-0.1, -0.05) is 30.3 Å². The molecule has 1 unspecified atom stereocenters. The molecule has 1 aromatic heterocycles. The number of hydrogen-bond acceptors (Lipinski definition) is 7. The third-order valence-electron chi connectivity index (χ3n) is 7.52. The van der Waals surface area contributed by atoms with Gasteiger partial charge in [0, 0.05) is 18.1 Å². The highest BCUT2D eigenvalue weighted by molar-refractivity contribution is 5.99. The predicted octanol–water partition coefficient (Wildman–Crippen LogP) is 4.98. The number of fused-ring (bicyclic) bond motifs is 1. The molecule has 0 spiro atoms. The smallest absolute Gasteiger partial charge is 0.258 e. The molecule has 10 heteroatoms. The molecule has 42 heavy (non-hydrogen) atoms. The van der Waals surface area contributed by atoms with E-state index in [-0.39, 0.29) is 42.4 Å². The van der Waals surface area contributed by atoms with Gasteiger partial charge in [-0.05, 0) is 49.2 Å². The van der Waals surface area contributed by atoms with E-state index in [1.807, 2.05) is 0 Å². The number of ketones is 1. The Morgan fingerprint density at radius 1 is 1.00 bits per heavy atom. The number of amides is 1. The van der Waals surface area contributed by atoms with E-state index in [0.717, 1.165) is 17.7 Å². The second-order valence-corrected chi connectivity index (χ2v) is 10.3. The number of Topliss-reactive ketones (excluding diaryl/α,β-unsaturated/α-hetero) is 1. The first kappa shape index (κ1) is 28.8. The van der Waals surface area contributed by atoms with Crippen molar-refractivity contribution in [1.82, 2.24) is 14.9 Å². The Hall–Kier alpha value is -4.70. The summed E-state index contributed by atoms with van der Waals surface area (Å²) in [5.41, 5.74) is 0.758. The predicted molar refractivity (Wildman–Crippen MR) is 150 cm³/mol. The number of hydrogen-bond donors (Lipinski definition) is 1. The third-order valence-corrected chi connectivity index (χ3v) is 7.52. The molecule has 0 saturated heterocycles. The van der Waals surface area contributed by atoms with E-state index in [1.54, 1.807) is 54.5 Å². The van der Waals surface area contributed by atoms with Crippen LogP contribution in [0.5, 0.6) is 11.5 Å². The van der Waals surface area contributed by atoms with Crippen molar-refractivity contribution in [2.45, 2.75) is 39.0 Å². The molecule has 0 aliphatic carbocycles. The molecule has 1 aliphatic rings. The first-order valence-corrected chi connectivity index (χ1v) is 13.2. The number of rotatable bonds is 9. The second-order valence-electron chi connectivity index (χ2n) is 10.3. The normalized spacial score (nSPS) is 14.0. The number of carbonyl (C=O) groups is 2. The van der Waals surface area contributed by atoms with Crippen molar-refractivity contribution in [1.29, 1.82) is 0 Å². The second kappa shape index (κ2) is 11.3. The zero-order valence-corrected chi connectivity index (χ0v) is 23.6. The fourth-order valence-corrected chi connectivity index (χ4v) is 4.94. The van der Waals surface area contributed by atoms with Crippen LogP contribution in [0.1, 0.15) is 52.3 Å². The molecule has 0 radical (unpaired) electrons. The number of carbonyl (C=O) groups excluding carboxylic acids is 2. The van der Waals surface area contributed by atoms with Gasteiger partial charge in [0.2, 0.25) is 0 Å². The van der Waals surface area contributed by atoms with Crippen molar-refractivity contribution in [3.05, 3.63) is 106 Å². The molecule has 2 heterocycles. The van der Waals surface area contributed by atoms with Crippen LogP contribution < -0.4 is 9.47 Å². The molecule has 0 bridgehead atoms. The van der Waals surface area contributed by atoms with E-state index in [0.29, 0.717) is 34.0 Å². The minimum atomic E-state index is -1.65. The number of methoxy groups -OCH3 is 2. The molecule has 1 N–H and O–H groups in total. The van der Waals surface area contributed by atoms with Crippen LogP contribution in [-0.4, -0.2) is 45.9 Å². The molecule has 3 aromatic carbocycles. The van der Waals surface area contributed by atoms with Gasteiger partial charge in [0.15, 0.2) is 11.6 Å². The van der Waals surface area contributed by atoms with E-state index in [1.165, 1.54) is 27.0 Å². The highest BCUT2D eigenvalue weighted by Gasteiger charge is 2.34. The fourth-order valence-electron chi connectivity index (χ4n) is 4.94. The van der Waals surface area contributed by atoms with Crippen LogP contribution in [0.15, 0.2) is 60.7 Å². The van der Waals surface area contributed by atoms with Crippen LogP contribution in [0.3, 0.4) is 0 Å². The van der Waals surface area contributed by atoms with Gasteiger partial charge in [0.05, 0.1) is 49.8 Å². The quantitative estimate of drug-likeness (QED) is 0.301. The van der Waals surface area contributed by atoms with E-state index in [4.69, 9.17) is 9.47 Å². The third kappa shape index (κ3) is 5.33. The van der Waals surface area contributed by atoms with Gasteiger partial charge >= 0.3 is 0 Å². The lowest BCUT2D eigenvalue weighted by Gasteiger charge is -2.20. The molecular weight excluding hydrogens is 544 g/mol. The van der Waals surface area contributed by atoms with Crippen molar-refractivity contribution < 1.29 is 33.0 Å². The van der Waals surface area contributed by atoms with Gasteiger partial charge < -0.3 is 19.5 Å². The number of ether oxygens (including phenoxy) is 2. The average Bonchev–Trinajstić information content (AvgIpc) is 3.28. The summed E-state index contributed by atoms with van der Waals surface area (Å²) < 4.78 is 40.3. The standard InChI is InChI=1S/C32H29F2N3O5/c1-18(38)32(2,40)21-11-8-19(9-12-21)14-25-29-26(36-30(35-25)28-23(33)6-5-7-24(28)34)17-37(31(29)39)16-20-10-13-22(41-3)15-27(20)42-4/h5-13,15,40H,14,16-17H2,1-4H3. The maximum atomic E-state index is 14.8. The Balaban J connectivity index is 1.55. The van der Waals surface area contributed by atoms with Crippen LogP contribution in [-0.2, 0) is 29.9 Å². The minimum absolute atomic E-state index is 0.0996. The van der Waals surface area contributed by atoms with Crippen molar-refractivity contribution in [2.75, 3.05) is 14.2 Å².